The quantitative estimate of drug-likeness (QED) is 0.401. The van der Waals surface area contributed by atoms with Crippen molar-refractivity contribution >= 4 is 22.8 Å². The average Bonchev–Trinajstić information content (AvgIpc) is 3.22. The van der Waals surface area contributed by atoms with Crippen LogP contribution < -0.4 is 5.32 Å². The van der Waals surface area contributed by atoms with Crippen LogP contribution in [0.5, 0.6) is 0 Å². The summed E-state index contributed by atoms with van der Waals surface area (Å²) in [5, 5.41) is 3.12. The second-order valence-corrected chi connectivity index (χ2v) is 7.96. The molecule has 0 spiro atoms. The van der Waals surface area contributed by atoms with Gasteiger partial charge in [-0.1, -0.05) is 42.5 Å². The van der Waals surface area contributed by atoms with E-state index in [1.54, 1.807) is 49.1 Å². The Bertz CT molecular complexity index is 1290. The standard InChI is InChI=1S/C25H26F2N6O/c1-4-32(15-18-10-6-5-7-11-18)25(34)16(2)28-21-14-22(30-17(3)29-21)33-20-13-9-8-12-19(20)31-24(33)23(26)27/h5-14,16,23H,4,15H2,1-3H3,(H,28,29,30)/t16-/m0/s1. The molecule has 4 aromatic rings. The number of fused-ring (bicyclic) bond motifs is 1. The molecule has 7 nitrogen and oxygen atoms in total. The molecule has 34 heavy (non-hydrogen) atoms. The lowest BCUT2D eigenvalue weighted by atomic mass is 10.2. The number of halogens is 2. The lowest BCUT2D eigenvalue weighted by Crippen LogP contribution is -2.41. The van der Waals surface area contributed by atoms with Gasteiger partial charge in [-0.2, -0.15) is 0 Å². The summed E-state index contributed by atoms with van der Waals surface area (Å²) < 4.78 is 28.9. The second kappa shape index (κ2) is 9.94. The Hall–Kier alpha value is -3.88. The fourth-order valence-corrected chi connectivity index (χ4v) is 3.88. The van der Waals surface area contributed by atoms with E-state index in [2.05, 4.69) is 20.3 Å². The molecule has 9 heteroatoms. The summed E-state index contributed by atoms with van der Waals surface area (Å²) >= 11 is 0. The number of hydrogen-bond acceptors (Lipinski definition) is 5. The number of benzene rings is 2. The first-order valence-corrected chi connectivity index (χ1v) is 11.1. The van der Waals surface area contributed by atoms with Gasteiger partial charge in [0, 0.05) is 19.2 Å². The number of nitrogens with one attached hydrogen (secondary N) is 1. The van der Waals surface area contributed by atoms with Gasteiger partial charge in [0.1, 0.15) is 23.5 Å². The van der Waals surface area contributed by atoms with Crippen molar-refractivity contribution < 1.29 is 13.6 Å². The fourth-order valence-electron chi connectivity index (χ4n) is 3.88. The third-order valence-electron chi connectivity index (χ3n) is 5.48. The lowest BCUT2D eigenvalue weighted by Gasteiger charge is -2.25. The van der Waals surface area contributed by atoms with E-state index in [1.165, 1.54) is 4.57 Å². The number of carbonyl (C=O) groups is 1. The molecule has 0 bridgehead atoms. The molecule has 0 fully saturated rings. The van der Waals surface area contributed by atoms with E-state index in [9.17, 15) is 13.6 Å². The van der Waals surface area contributed by atoms with Crippen molar-refractivity contribution in [2.75, 3.05) is 11.9 Å². The van der Waals surface area contributed by atoms with Crippen LogP contribution in [0.3, 0.4) is 0 Å². The molecule has 0 unspecified atom stereocenters. The summed E-state index contributed by atoms with van der Waals surface area (Å²) in [6.45, 7) is 6.40. The molecule has 0 aliphatic rings. The third-order valence-corrected chi connectivity index (χ3v) is 5.48. The first-order valence-electron chi connectivity index (χ1n) is 11.1. The minimum atomic E-state index is -2.78. The number of hydrogen-bond donors (Lipinski definition) is 1. The molecular weight excluding hydrogens is 438 g/mol. The second-order valence-electron chi connectivity index (χ2n) is 7.96. The smallest absolute Gasteiger partial charge is 0.296 e. The Balaban J connectivity index is 1.61. The van der Waals surface area contributed by atoms with Crippen molar-refractivity contribution in [1.82, 2.24) is 24.4 Å². The van der Waals surface area contributed by atoms with Gasteiger partial charge in [-0.3, -0.25) is 9.36 Å². The zero-order chi connectivity index (χ0) is 24.2. The summed E-state index contributed by atoms with van der Waals surface area (Å²) in [6.07, 6.45) is -2.78. The summed E-state index contributed by atoms with van der Waals surface area (Å²) in [4.78, 5) is 27.7. The molecule has 1 amide bonds. The van der Waals surface area contributed by atoms with Crippen LogP contribution in [0.25, 0.3) is 16.9 Å². The van der Waals surface area contributed by atoms with Gasteiger partial charge >= 0.3 is 0 Å². The largest absolute Gasteiger partial charge is 0.358 e. The maximum absolute atomic E-state index is 13.8. The summed E-state index contributed by atoms with van der Waals surface area (Å²) in [6, 6.07) is 17.6. The number of rotatable bonds is 8. The summed E-state index contributed by atoms with van der Waals surface area (Å²) in [7, 11) is 0. The zero-order valence-electron chi connectivity index (χ0n) is 19.2. The zero-order valence-corrected chi connectivity index (χ0v) is 19.2. The SMILES string of the molecule is CCN(Cc1ccccc1)C(=O)[C@H](C)Nc1cc(-n2c(C(F)F)nc3ccccc32)nc(C)n1. The number of anilines is 1. The third kappa shape index (κ3) is 4.88. The first kappa shape index (κ1) is 23.3. The fraction of sp³-hybridized carbons (Fsp3) is 0.280. The van der Waals surface area contributed by atoms with E-state index in [-0.39, 0.29) is 11.7 Å². The number of amides is 1. The van der Waals surface area contributed by atoms with Crippen LogP contribution in [0.2, 0.25) is 0 Å². The van der Waals surface area contributed by atoms with Crippen LogP contribution in [0.4, 0.5) is 14.6 Å². The van der Waals surface area contributed by atoms with Crippen molar-refractivity contribution in [3.63, 3.8) is 0 Å². The molecule has 176 valence electrons. The molecule has 0 saturated heterocycles. The van der Waals surface area contributed by atoms with E-state index in [4.69, 9.17) is 0 Å². The number of imidazole rings is 1. The van der Waals surface area contributed by atoms with Gasteiger partial charge in [0.2, 0.25) is 5.91 Å². The van der Waals surface area contributed by atoms with Crippen molar-refractivity contribution in [1.29, 1.82) is 0 Å². The van der Waals surface area contributed by atoms with Gasteiger partial charge in [0.05, 0.1) is 11.0 Å². The van der Waals surface area contributed by atoms with Gasteiger partial charge in [-0.15, -0.1) is 0 Å². The Kier molecular flexibility index (Phi) is 6.81. The van der Waals surface area contributed by atoms with Gasteiger partial charge in [0.15, 0.2) is 5.82 Å². The van der Waals surface area contributed by atoms with E-state index < -0.39 is 18.3 Å². The average molecular weight is 465 g/mol. The Labute approximate surface area is 196 Å². The molecule has 2 aromatic heterocycles. The van der Waals surface area contributed by atoms with Gasteiger partial charge in [-0.05, 0) is 38.5 Å². The van der Waals surface area contributed by atoms with Crippen LogP contribution in [0.15, 0.2) is 60.7 Å². The number of nitrogens with zero attached hydrogens (tertiary/aromatic N) is 5. The molecule has 2 aromatic carbocycles. The molecule has 2 heterocycles. The summed E-state index contributed by atoms with van der Waals surface area (Å²) in [5.74, 6) is 0.529. The predicted octanol–water partition coefficient (Wildman–Crippen LogP) is 4.91. The van der Waals surface area contributed by atoms with Crippen LogP contribution in [-0.4, -0.2) is 42.9 Å². The molecule has 0 saturated carbocycles. The molecule has 1 atom stereocenters. The molecule has 0 aliphatic heterocycles. The van der Waals surface area contributed by atoms with Crippen LogP contribution in [0.1, 0.15) is 37.5 Å². The number of aromatic nitrogens is 4. The van der Waals surface area contributed by atoms with E-state index in [0.717, 1.165) is 5.56 Å². The maximum Gasteiger partial charge on any atom is 0.296 e. The first-order chi connectivity index (χ1) is 16.4. The molecular formula is C25H26F2N6O. The molecule has 1 N–H and O–H groups in total. The number of alkyl halides is 2. The maximum atomic E-state index is 13.8. The van der Waals surface area contributed by atoms with Crippen molar-refractivity contribution in [2.24, 2.45) is 0 Å². The van der Waals surface area contributed by atoms with Gasteiger partial charge in [0.25, 0.3) is 6.43 Å². The topological polar surface area (TPSA) is 75.9 Å². The van der Waals surface area contributed by atoms with Gasteiger partial charge < -0.3 is 10.2 Å². The van der Waals surface area contributed by atoms with E-state index in [0.29, 0.717) is 35.8 Å². The number of likely N-dealkylation sites (N-methyl/N-ethyl adjacent to an activating group) is 1. The highest BCUT2D eigenvalue weighted by Crippen LogP contribution is 2.28. The molecule has 0 radical (unpaired) electrons. The monoisotopic (exact) mass is 464 g/mol. The van der Waals surface area contributed by atoms with Gasteiger partial charge in [-0.25, -0.2) is 23.7 Å². The Morgan fingerprint density at radius 3 is 2.47 bits per heavy atom. The van der Waals surface area contributed by atoms with E-state index >= 15 is 0 Å². The van der Waals surface area contributed by atoms with Crippen LogP contribution in [-0.2, 0) is 11.3 Å². The predicted molar refractivity (Wildman–Crippen MR) is 127 cm³/mol. The molecule has 0 aliphatic carbocycles. The van der Waals surface area contributed by atoms with E-state index in [1.807, 2.05) is 37.3 Å². The number of aryl methyl sites for hydroxylation is 1. The Morgan fingerprint density at radius 2 is 1.76 bits per heavy atom. The van der Waals surface area contributed by atoms with Crippen LogP contribution >= 0.6 is 0 Å². The van der Waals surface area contributed by atoms with Crippen molar-refractivity contribution in [3.8, 4) is 5.82 Å². The molecule has 4 rings (SSSR count). The minimum absolute atomic E-state index is 0.0921. The normalized spacial score (nSPS) is 12.2. The minimum Gasteiger partial charge on any atom is -0.358 e. The number of carbonyl (C=O) groups excluding carboxylic acids is 1. The summed E-state index contributed by atoms with van der Waals surface area (Å²) in [5.41, 5.74) is 2.01. The van der Waals surface area contributed by atoms with Crippen LogP contribution in [0, 0.1) is 6.92 Å². The Morgan fingerprint density at radius 1 is 1.06 bits per heavy atom. The highest BCUT2D eigenvalue weighted by molar-refractivity contribution is 5.84. The van der Waals surface area contributed by atoms with Crippen molar-refractivity contribution in [3.05, 3.63) is 77.9 Å². The number of para-hydroxylation sites is 2. The highest BCUT2D eigenvalue weighted by atomic mass is 19.3. The lowest BCUT2D eigenvalue weighted by molar-refractivity contribution is -0.132. The highest BCUT2D eigenvalue weighted by Gasteiger charge is 2.23. The van der Waals surface area contributed by atoms with Crippen molar-refractivity contribution in [2.45, 2.75) is 39.8 Å².